The van der Waals surface area contributed by atoms with Crippen molar-refractivity contribution in [2.45, 2.75) is 6.54 Å². The van der Waals surface area contributed by atoms with Crippen LogP contribution in [0.1, 0.15) is 0 Å². The minimum atomic E-state index is -0.381. The molecule has 0 atom stereocenters. The molecule has 0 fully saturated rings. The minimum Gasteiger partial charge on any atom is -0.490 e. The van der Waals surface area contributed by atoms with Gasteiger partial charge in [-0.05, 0) is 18.2 Å². The van der Waals surface area contributed by atoms with Crippen molar-refractivity contribution in [2.75, 3.05) is 6.61 Å². The van der Waals surface area contributed by atoms with Crippen molar-refractivity contribution in [1.82, 2.24) is 15.0 Å². The molecule has 6 heteroatoms. The van der Waals surface area contributed by atoms with Crippen molar-refractivity contribution in [3.05, 3.63) is 41.4 Å². The number of benzene rings is 1. The van der Waals surface area contributed by atoms with Crippen LogP contribution in [0, 0.1) is 5.82 Å². The zero-order valence-corrected chi connectivity index (χ0v) is 9.06. The van der Waals surface area contributed by atoms with Crippen LogP contribution < -0.4 is 4.74 Å². The summed E-state index contributed by atoms with van der Waals surface area (Å²) in [5, 5.41) is 7.70. The predicted octanol–water partition coefficient (Wildman–Crippen LogP) is 2.15. The highest BCUT2D eigenvalue weighted by atomic mass is 35.5. The maximum atomic E-state index is 12.7. The molecular weight excluding hydrogens is 233 g/mol. The molecule has 2 rings (SSSR count). The Kier molecular flexibility index (Phi) is 3.36. The number of hydrogen-bond acceptors (Lipinski definition) is 3. The molecule has 84 valence electrons. The van der Waals surface area contributed by atoms with E-state index in [-0.39, 0.29) is 10.8 Å². The van der Waals surface area contributed by atoms with Gasteiger partial charge in [-0.2, -0.15) is 0 Å². The molecule has 0 spiro atoms. The lowest BCUT2D eigenvalue weighted by atomic mass is 10.3. The second-order valence-corrected chi connectivity index (χ2v) is 3.50. The van der Waals surface area contributed by atoms with Crippen LogP contribution in [0.25, 0.3) is 0 Å². The van der Waals surface area contributed by atoms with Crippen molar-refractivity contribution < 1.29 is 9.13 Å². The third-order valence-electron chi connectivity index (χ3n) is 1.94. The van der Waals surface area contributed by atoms with Crippen molar-refractivity contribution in [2.24, 2.45) is 0 Å². The van der Waals surface area contributed by atoms with Crippen LogP contribution in [0.3, 0.4) is 0 Å². The summed E-state index contributed by atoms with van der Waals surface area (Å²) in [6.07, 6.45) is 3.32. The lowest BCUT2D eigenvalue weighted by molar-refractivity contribution is 0.289. The van der Waals surface area contributed by atoms with Gasteiger partial charge in [0.15, 0.2) is 0 Å². The van der Waals surface area contributed by atoms with E-state index >= 15 is 0 Å². The van der Waals surface area contributed by atoms with Gasteiger partial charge < -0.3 is 4.74 Å². The summed E-state index contributed by atoms with van der Waals surface area (Å²) in [6, 6.07) is 4.02. The molecule has 1 heterocycles. The molecule has 0 amide bonds. The zero-order valence-electron chi connectivity index (χ0n) is 8.31. The summed E-state index contributed by atoms with van der Waals surface area (Å²) < 4.78 is 19.7. The van der Waals surface area contributed by atoms with E-state index in [1.807, 2.05) is 0 Å². The highest BCUT2D eigenvalue weighted by Crippen LogP contribution is 2.24. The standard InChI is InChI=1S/C10H9ClFN3O/c11-9-7-8(12)1-2-10(9)16-6-5-15-4-3-13-14-15/h1-4,7H,5-6H2. The molecule has 0 unspecified atom stereocenters. The predicted molar refractivity (Wildman–Crippen MR) is 56.9 cm³/mol. The average molecular weight is 242 g/mol. The maximum absolute atomic E-state index is 12.7. The Morgan fingerprint density at radius 1 is 1.44 bits per heavy atom. The minimum absolute atomic E-state index is 0.263. The lowest BCUT2D eigenvalue weighted by Gasteiger charge is -2.07. The van der Waals surface area contributed by atoms with Crippen LogP contribution in [0.4, 0.5) is 4.39 Å². The molecule has 0 bridgehead atoms. The van der Waals surface area contributed by atoms with Crippen molar-refractivity contribution in [3.8, 4) is 5.75 Å². The smallest absolute Gasteiger partial charge is 0.138 e. The highest BCUT2D eigenvalue weighted by Gasteiger charge is 2.02. The SMILES string of the molecule is Fc1ccc(OCCn2ccnn2)c(Cl)c1. The van der Waals surface area contributed by atoms with E-state index in [9.17, 15) is 4.39 Å². The van der Waals surface area contributed by atoms with Crippen LogP contribution in [-0.4, -0.2) is 21.6 Å². The molecule has 1 aromatic carbocycles. The molecule has 16 heavy (non-hydrogen) atoms. The molecule has 0 aliphatic heterocycles. The van der Waals surface area contributed by atoms with Gasteiger partial charge in [-0.3, -0.25) is 0 Å². The lowest BCUT2D eigenvalue weighted by Crippen LogP contribution is -2.09. The Morgan fingerprint density at radius 2 is 2.31 bits per heavy atom. The number of aromatic nitrogens is 3. The Labute approximate surface area is 96.6 Å². The number of rotatable bonds is 4. The van der Waals surface area contributed by atoms with Crippen LogP contribution >= 0.6 is 11.6 Å². The van der Waals surface area contributed by atoms with Gasteiger partial charge in [0.1, 0.15) is 18.2 Å². The van der Waals surface area contributed by atoms with Crippen LogP contribution in [0.5, 0.6) is 5.75 Å². The molecule has 0 aliphatic carbocycles. The Bertz CT molecular complexity index is 461. The molecule has 1 aromatic heterocycles. The molecule has 0 radical (unpaired) electrons. The number of ether oxygens (including phenoxy) is 1. The molecule has 0 aliphatic rings. The third-order valence-corrected chi connectivity index (χ3v) is 2.24. The Balaban J connectivity index is 1.90. The second-order valence-electron chi connectivity index (χ2n) is 3.09. The summed E-state index contributed by atoms with van der Waals surface area (Å²) in [6.45, 7) is 0.961. The molecular formula is C10H9ClFN3O. The second kappa shape index (κ2) is 4.94. The van der Waals surface area contributed by atoms with Crippen LogP contribution in [0.2, 0.25) is 5.02 Å². The van der Waals surface area contributed by atoms with E-state index in [4.69, 9.17) is 16.3 Å². The zero-order chi connectivity index (χ0) is 11.4. The first-order valence-electron chi connectivity index (χ1n) is 4.67. The van der Waals surface area contributed by atoms with Gasteiger partial charge in [0.05, 0.1) is 17.8 Å². The first-order valence-corrected chi connectivity index (χ1v) is 5.05. The third kappa shape index (κ3) is 2.70. The van der Waals surface area contributed by atoms with E-state index < -0.39 is 0 Å². The van der Waals surface area contributed by atoms with Crippen molar-refractivity contribution in [3.63, 3.8) is 0 Å². The monoisotopic (exact) mass is 241 g/mol. The van der Waals surface area contributed by atoms with Gasteiger partial charge in [0.2, 0.25) is 0 Å². The number of nitrogens with zero attached hydrogens (tertiary/aromatic N) is 3. The van der Waals surface area contributed by atoms with Gasteiger partial charge >= 0.3 is 0 Å². The van der Waals surface area contributed by atoms with Crippen molar-refractivity contribution in [1.29, 1.82) is 0 Å². The molecule has 0 saturated heterocycles. The van der Waals surface area contributed by atoms with Gasteiger partial charge in [-0.15, -0.1) is 5.10 Å². The van der Waals surface area contributed by atoms with Gasteiger partial charge in [-0.1, -0.05) is 16.8 Å². The number of halogens is 2. The Hall–Kier alpha value is -1.62. The summed E-state index contributed by atoms with van der Waals surface area (Å²) >= 11 is 5.79. The normalized spacial score (nSPS) is 10.4. The maximum Gasteiger partial charge on any atom is 0.138 e. The summed E-state index contributed by atoms with van der Waals surface area (Å²) in [5.41, 5.74) is 0. The van der Waals surface area contributed by atoms with E-state index in [1.165, 1.54) is 18.2 Å². The highest BCUT2D eigenvalue weighted by molar-refractivity contribution is 6.32. The number of hydrogen-bond donors (Lipinski definition) is 0. The average Bonchev–Trinajstić information content (AvgIpc) is 2.74. The Morgan fingerprint density at radius 3 is 3.00 bits per heavy atom. The largest absolute Gasteiger partial charge is 0.490 e. The van der Waals surface area contributed by atoms with E-state index in [2.05, 4.69) is 10.3 Å². The first kappa shape index (κ1) is 10.9. The molecule has 0 saturated carbocycles. The molecule has 2 aromatic rings. The van der Waals surface area contributed by atoms with Gasteiger partial charge in [0.25, 0.3) is 0 Å². The van der Waals surface area contributed by atoms with E-state index in [1.54, 1.807) is 17.1 Å². The summed E-state index contributed by atoms with van der Waals surface area (Å²) in [7, 11) is 0. The fraction of sp³-hybridized carbons (Fsp3) is 0.200. The van der Waals surface area contributed by atoms with Gasteiger partial charge in [-0.25, -0.2) is 9.07 Å². The van der Waals surface area contributed by atoms with Gasteiger partial charge in [0, 0.05) is 6.20 Å². The fourth-order valence-electron chi connectivity index (χ4n) is 1.19. The first-order chi connectivity index (χ1) is 7.75. The fourth-order valence-corrected chi connectivity index (χ4v) is 1.42. The summed E-state index contributed by atoms with van der Waals surface area (Å²) in [4.78, 5) is 0. The summed E-state index contributed by atoms with van der Waals surface area (Å²) in [5.74, 6) is 0.0804. The van der Waals surface area contributed by atoms with Crippen LogP contribution in [-0.2, 0) is 6.54 Å². The van der Waals surface area contributed by atoms with Crippen LogP contribution in [0.15, 0.2) is 30.6 Å². The quantitative estimate of drug-likeness (QED) is 0.824. The van der Waals surface area contributed by atoms with E-state index in [0.29, 0.717) is 18.9 Å². The van der Waals surface area contributed by atoms with Crippen molar-refractivity contribution >= 4 is 11.6 Å². The topological polar surface area (TPSA) is 39.9 Å². The van der Waals surface area contributed by atoms with E-state index in [0.717, 1.165) is 0 Å². The molecule has 4 nitrogen and oxygen atoms in total. The molecule has 0 N–H and O–H groups in total.